The molecule has 3 atom stereocenters. The normalized spacial score (nSPS) is 20.2. The smallest absolute Gasteiger partial charge is 0.261 e. The highest BCUT2D eigenvalue weighted by Gasteiger charge is 2.51. The van der Waals surface area contributed by atoms with Gasteiger partial charge in [0.1, 0.15) is 12.3 Å². The molecular weight excluding hydrogens is 502 g/mol. The van der Waals surface area contributed by atoms with Crippen LogP contribution in [0.2, 0.25) is 5.04 Å². The predicted octanol–water partition coefficient (Wildman–Crippen LogP) is 5.09. The van der Waals surface area contributed by atoms with Gasteiger partial charge in [-0.15, -0.1) is 0 Å². The zero-order chi connectivity index (χ0) is 27.6. The van der Waals surface area contributed by atoms with E-state index in [0.29, 0.717) is 13.0 Å². The molecule has 5 rings (SSSR count). The summed E-state index contributed by atoms with van der Waals surface area (Å²) in [7, 11) is 1.19. The Kier molecular flexibility index (Phi) is 7.78. The fraction of sp³-hybridized carbons (Fsp3) is 0.344. The Hall–Kier alpha value is -3.23. The lowest BCUT2D eigenvalue weighted by Crippen LogP contribution is -2.67. The molecule has 0 bridgehead atoms. The lowest BCUT2D eigenvalue weighted by Gasteiger charge is -2.43. The number of hydrogen-bond donors (Lipinski definition) is 1. The highest BCUT2D eigenvalue weighted by atomic mass is 28.4. The van der Waals surface area contributed by atoms with Crippen LogP contribution in [0.25, 0.3) is 10.9 Å². The first-order valence-corrected chi connectivity index (χ1v) is 15.5. The largest absolute Gasteiger partial charge is 0.405 e. The van der Waals surface area contributed by atoms with Crippen molar-refractivity contribution in [2.45, 2.75) is 50.7 Å². The van der Waals surface area contributed by atoms with Gasteiger partial charge >= 0.3 is 0 Å². The Balaban J connectivity index is 1.42. The Bertz CT molecular complexity index is 1370. The minimum absolute atomic E-state index is 0.140. The van der Waals surface area contributed by atoms with Gasteiger partial charge in [-0.3, -0.25) is 0 Å². The molecule has 1 N–H and O–H groups in total. The van der Waals surface area contributed by atoms with E-state index in [1.165, 1.54) is 10.4 Å². The minimum atomic E-state index is -2.72. The van der Waals surface area contributed by atoms with Gasteiger partial charge in [-0.2, -0.15) is 0 Å². The number of nitrogens with zero attached hydrogens (tertiary/aromatic N) is 3. The molecule has 1 aliphatic rings. The van der Waals surface area contributed by atoms with Gasteiger partial charge in [-0.1, -0.05) is 87.5 Å². The molecule has 1 aliphatic heterocycles. The van der Waals surface area contributed by atoms with Crippen molar-refractivity contribution >= 4 is 41.6 Å². The molecule has 0 spiro atoms. The Labute approximate surface area is 232 Å². The van der Waals surface area contributed by atoms with E-state index in [0.717, 1.165) is 16.6 Å². The number of benzene rings is 3. The van der Waals surface area contributed by atoms with E-state index < -0.39 is 20.5 Å². The van der Waals surface area contributed by atoms with Gasteiger partial charge in [0.2, 0.25) is 0 Å². The van der Waals surface area contributed by atoms with Crippen molar-refractivity contribution in [3.05, 3.63) is 91.1 Å². The number of aliphatic hydroxyl groups is 1. The summed E-state index contributed by atoms with van der Waals surface area (Å²) in [5.41, 5.74) is 1.94. The van der Waals surface area contributed by atoms with Crippen molar-refractivity contribution in [3.8, 4) is 0 Å². The molecule has 4 aromatic rings. The highest BCUT2D eigenvalue weighted by molar-refractivity contribution is 6.99. The lowest BCUT2D eigenvalue weighted by molar-refractivity contribution is -0.0395. The number of rotatable bonds is 8. The van der Waals surface area contributed by atoms with Crippen LogP contribution in [-0.2, 0) is 9.16 Å². The van der Waals surface area contributed by atoms with Crippen molar-refractivity contribution in [1.29, 1.82) is 0 Å². The SMILES string of the molecule is CN(C)C=Nc1cccc2c1ccn2[C@@H]1C[C@H](O)[C@@H](CO[Si](c2ccccc2)(c2ccccc2)C(C)(C)C)O1. The molecule has 0 aliphatic carbocycles. The third kappa shape index (κ3) is 5.32. The molecule has 7 heteroatoms. The Morgan fingerprint density at radius 1 is 0.974 bits per heavy atom. The van der Waals surface area contributed by atoms with Crippen LogP contribution in [0.15, 0.2) is 96.1 Å². The molecule has 2 heterocycles. The van der Waals surface area contributed by atoms with Gasteiger partial charge in [0.15, 0.2) is 0 Å². The molecule has 1 aromatic heterocycles. The molecule has 0 radical (unpaired) electrons. The molecule has 3 aromatic carbocycles. The molecule has 6 nitrogen and oxygen atoms in total. The van der Waals surface area contributed by atoms with E-state index >= 15 is 0 Å². The monoisotopic (exact) mass is 541 g/mol. The Morgan fingerprint density at radius 2 is 1.62 bits per heavy atom. The molecule has 1 fully saturated rings. The number of ether oxygens (including phenoxy) is 1. The van der Waals surface area contributed by atoms with Crippen molar-refractivity contribution in [2.75, 3.05) is 20.7 Å². The van der Waals surface area contributed by atoms with Crippen molar-refractivity contribution in [2.24, 2.45) is 4.99 Å². The molecule has 0 amide bonds. The van der Waals surface area contributed by atoms with Crippen LogP contribution in [0.5, 0.6) is 0 Å². The summed E-state index contributed by atoms with van der Waals surface area (Å²) in [5, 5.41) is 14.5. The average molecular weight is 542 g/mol. The summed E-state index contributed by atoms with van der Waals surface area (Å²) in [6.07, 6.45) is 3.01. The first-order chi connectivity index (χ1) is 18.7. The molecule has 1 saturated heterocycles. The molecule has 0 unspecified atom stereocenters. The van der Waals surface area contributed by atoms with Crippen molar-refractivity contribution in [3.63, 3.8) is 0 Å². The second-order valence-corrected chi connectivity index (χ2v) is 15.9. The summed E-state index contributed by atoms with van der Waals surface area (Å²) < 4.78 is 15.7. The van der Waals surface area contributed by atoms with Gasteiger partial charge in [0.05, 0.1) is 30.3 Å². The fourth-order valence-corrected chi connectivity index (χ4v) is 10.3. The predicted molar refractivity (Wildman–Crippen MR) is 162 cm³/mol. The van der Waals surface area contributed by atoms with Crippen LogP contribution >= 0.6 is 0 Å². The number of hydrogen-bond acceptors (Lipinski definition) is 4. The summed E-state index contributed by atoms with van der Waals surface area (Å²) in [5.74, 6) is 0. The Morgan fingerprint density at radius 3 is 2.21 bits per heavy atom. The summed E-state index contributed by atoms with van der Waals surface area (Å²) in [4.78, 5) is 6.54. The standard InChI is InChI=1S/C32H39N3O3Si/c1-32(2,3)39(24-13-8-6-9-14-24,25-15-10-7-11-16-25)37-22-30-29(36)21-31(38-30)35-20-19-26-27(33-23-34(4)5)17-12-18-28(26)35/h6-20,23,29-31,36H,21-22H2,1-5H3/t29-,30+,31-/m0/s1. The topological polar surface area (TPSA) is 59.2 Å². The molecule has 204 valence electrons. The average Bonchev–Trinajstić information content (AvgIpc) is 3.52. The maximum Gasteiger partial charge on any atom is 0.261 e. The first-order valence-electron chi connectivity index (χ1n) is 13.6. The van der Waals surface area contributed by atoms with E-state index in [1.54, 1.807) is 6.34 Å². The second-order valence-electron chi connectivity index (χ2n) is 11.5. The van der Waals surface area contributed by atoms with E-state index in [1.807, 2.05) is 49.5 Å². The summed E-state index contributed by atoms with van der Waals surface area (Å²) >= 11 is 0. The first kappa shape index (κ1) is 27.3. The minimum Gasteiger partial charge on any atom is -0.405 e. The summed E-state index contributed by atoms with van der Waals surface area (Å²) in [6.45, 7) is 7.10. The maximum atomic E-state index is 11.1. The van der Waals surface area contributed by atoms with Crippen molar-refractivity contribution < 1.29 is 14.3 Å². The molecular formula is C32H39N3O3Si. The third-order valence-corrected chi connectivity index (χ3v) is 12.6. The number of aromatic nitrogens is 1. The zero-order valence-electron chi connectivity index (χ0n) is 23.5. The lowest BCUT2D eigenvalue weighted by atomic mass is 10.2. The third-order valence-electron chi connectivity index (χ3n) is 7.56. The quantitative estimate of drug-likeness (QED) is 0.192. The van der Waals surface area contributed by atoms with Crippen LogP contribution in [0.3, 0.4) is 0 Å². The summed E-state index contributed by atoms with van der Waals surface area (Å²) in [6, 6.07) is 29.3. The second kappa shape index (κ2) is 11.1. The van der Waals surface area contributed by atoms with Gasteiger partial charge < -0.3 is 23.7 Å². The van der Waals surface area contributed by atoms with Gasteiger partial charge in [0.25, 0.3) is 8.32 Å². The van der Waals surface area contributed by atoms with Crippen LogP contribution in [0.4, 0.5) is 5.69 Å². The van der Waals surface area contributed by atoms with Crippen LogP contribution in [-0.4, -0.2) is 62.1 Å². The zero-order valence-corrected chi connectivity index (χ0v) is 24.5. The number of aliphatic hydroxyl groups excluding tert-OH is 1. The van der Waals surface area contributed by atoms with E-state index in [2.05, 4.69) is 91.0 Å². The maximum absolute atomic E-state index is 11.1. The van der Waals surface area contributed by atoms with E-state index in [4.69, 9.17) is 9.16 Å². The van der Waals surface area contributed by atoms with E-state index in [-0.39, 0.29) is 11.3 Å². The van der Waals surface area contributed by atoms with Crippen LogP contribution in [0.1, 0.15) is 33.4 Å². The number of fused-ring (bicyclic) bond motifs is 1. The van der Waals surface area contributed by atoms with Gasteiger partial charge in [-0.05, 0) is 33.6 Å². The van der Waals surface area contributed by atoms with Crippen molar-refractivity contribution in [1.82, 2.24) is 9.47 Å². The fourth-order valence-electron chi connectivity index (χ4n) is 5.72. The number of aliphatic imine (C=N–C) groups is 1. The van der Waals surface area contributed by atoms with Crippen LogP contribution in [0, 0.1) is 0 Å². The van der Waals surface area contributed by atoms with Gasteiger partial charge in [0, 0.05) is 32.1 Å². The van der Waals surface area contributed by atoms with E-state index in [9.17, 15) is 5.11 Å². The highest BCUT2D eigenvalue weighted by Crippen LogP contribution is 2.39. The molecule has 0 saturated carbocycles. The van der Waals surface area contributed by atoms with Gasteiger partial charge in [-0.25, -0.2) is 4.99 Å². The van der Waals surface area contributed by atoms with Crippen LogP contribution < -0.4 is 10.4 Å². The molecule has 39 heavy (non-hydrogen) atoms.